The number of hydrogen-bond acceptors (Lipinski definition) is 4. The summed E-state index contributed by atoms with van der Waals surface area (Å²) in [6.45, 7) is 4.08. The van der Waals surface area contributed by atoms with Gasteiger partial charge >= 0.3 is 0 Å². The van der Waals surface area contributed by atoms with Gasteiger partial charge in [-0.1, -0.05) is 6.92 Å². The molecule has 1 heterocycles. The van der Waals surface area contributed by atoms with Crippen molar-refractivity contribution >= 4 is 23.0 Å². The number of carbonyl (C=O) groups is 2. The van der Waals surface area contributed by atoms with E-state index in [2.05, 4.69) is 10.3 Å². The van der Waals surface area contributed by atoms with Crippen molar-refractivity contribution in [2.24, 2.45) is 0 Å². The molecule has 0 aliphatic heterocycles. The molecule has 1 N–H and O–H groups in total. The van der Waals surface area contributed by atoms with Crippen LogP contribution in [0.2, 0.25) is 0 Å². The molecule has 0 saturated heterocycles. The van der Waals surface area contributed by atoms with Gasteiger partial charge < -0.3 is 10.1 Å². The maximum Gasteiger partial charge on any atom is 0.220 e. The zero-order valence-electron chi connectivity index (χ0n) is 9.53. The van der Waals surface area contributed by atoms with Crippen LogP contribution >= 0.6 is 11.3 Å². The summed E-state index contributed by atoms with van der Waals surface area (Å²) in [4.78, 5) is 26.2. The van der Waals surface area contributed by atoms with Crippen LogP contribution in [0, 0.1) is 0 Å². The highest BCUT2D eigenvalue weighted by atomic mass is 32.1. The first kappa shape index (κ1) is 12.8. The van der Waals surface area contributed by atoms with E-state index in [1.165, 1.54) is 6.92 Å². The van der Waals surface area contributed by atoms with E-state index in [0.29, 0.717) is 13.0 Å². The lowest BCUT2D eigenvalue weighted by atomic mass is 10.2. The summed E-state index contributed by atoms with van der Waals surface area (Å²) in [6, 6.07) is 0. The van der Waals surface area contributed by atoms with Crippen LogP contribution in [0.4, 0.5) is 0 Å². The topological polar surface area (TPSA) is 59.1 Å². The Balaban J connectivity index is 2.24. The molecule has 1 amide bonds. The second kappa shape index (κ2) is 6.37. The molecule has 0 fully saturated rings. The highest BCUT2D eigenvalue weighted by Crippen LogP contribution is 2.16. The van der Waals surface area contributed by atoms with Gasteiger partial charge in [0.05, 0.1) is 5.01 Å². The summed E-state index contributed by atoms with van der Waals surface area (Å²) in [7, 11) is 0. The van der Waals surface area contributed by atoms with E-state index in [-0.39, 0.29) is 24.0 Å². The molecule has 0 spiro atoms. The standard InChI is InChI=1S/C11H16N2O2S/c1-8(11-12-5-6-16-11)7-13-10(15)4-3-9(2)14/h5-6,8H,3-4,7H2,1-2H3,(H,13,15). The molecule has 0 aromatic carbocycles. The number of nitrogens with one attached hydrogen (secondary N) is 1. The van der Waals surface area contributed by atoms with Crippen molar-refractivity contribution in [1.82, 2.24) is 10.3 Å². The number of amides is 1. The van der Waals surface area contributed by atoms with Crippen molar-refractivity contribution in [1.29, 1.82) is 0 Å². The highest BCUT2D eigenvalue weighted by molar-refractivity contribution is 7.09. The Morgan fingerprint density at radius 3 is 2.81 bits per heavy atom. The Morgan fingerprint density at radius 1 is 1.50 bits per heavy atom. The number of thiazole rings is 1. The molecule has 1 atom stereocenters. The van der Waals surface area contributed by atoms with E-state index in [0.717, 1.165) is 5.01 Å². The molecule has 1 unspecified atom stereocenters. The minimum absolute atomic E-state index is 0.0446. The summed E-state index contributed by atoms with van der Waals surface area (Å²) < 4.78 is 0. The van der Waals surface area contributed by atoms with Gasteiger partial charge in [0.2, 0.25) is 5.91 Å². The van der Waals surface area contributed by atoms with Gasteiger partial charge in [-0.3, -0.25) is 4.79 Å². The maximum atomic E-state index is 11.3. The summed E-state index contributed by atoms with van der Waals surface area (Å²) in [5.74, 6) is 0.197. The SMILES string of the molecule is CC(=O)CCC(=O)NCC(C)c1nccs1. The van der Waals surface area contributed by atoms with Crippen LogP contribution < -0.4 is 5.32 Å². The number of ketones is 1. The maximum absolute atomic E-state index is 11.3. The van der Waals surface area contributed by atoms with Gasteiger partial charge in [0.15, 0.2) is 0 Å². The van der Waals surface area contributed by atoms with Crippen LogP contribution in [0.25, 0.3) is 0 Å². The fraction of sp³-hybridized carbons (Fsp3) is 0.545. The summed E-state index contributed by atoms with van der Waals surface area (Å²) in [5.41, 5.74) is 0. The number of hydrogen-bond donors (Lipinski definition) is 1. The molecular formula is C11H16N2O2S. The molecule has 5 heteroatoms. The average molecular weight is 240 g/mol. The summed E-state index contributed by atoms with van der Waals surface area (Å²) in [5, 5.41) is 5.74. The van der Waals surface area contributed by atoms with Crippen molar-refractivity contribution in [2.45, 2.75) is 32.6 Å². The van der Waals surface area contributed by atoms with Gasteiger partial charge in [0, 0.05) is 36.9 Å². The number of carbonyl (C=O) groups excluding carboxylic acids is 2. The molecule has 4 nitrogen and oxygen atoms in total. The van der Waals surface area contributed by atoms with Gasteiger partial charge in [0.25, 0.3) is 0 Å². The quantitative estimate of drug-likeness (QED) is 0.823. The third-order valence-corrected chi connectivity index (χ3v) is 3.19. The van der Waals surface area contributed by atoms with Crippen LogP contribution in [0.5, 0.6) is 0 Å². The molecule has 0 bridgehead atoms. The fourth-order valence-electron chi connectivity index (χ4n) is 1.21. The Morgan fingerprint density at radius 2 is 2.25 bits per heavy atom. The third kappa shape index (κ3) is 4.53. The molecule has 1 aromatic heterocycles. The summed E-state index contributed by atoms with van der Waals surface area (Å²) in [6.07, 6.45) is 2.35. The number of rotatable bonds is 6. The number of aromatic nitrogens is 1. The normalized spacial score (nSPS) is 12.1. The first-order chi connectivity index (χ1) is 7.59. The smallest absolute Gasteiger partial charge is 0.220 e. The van der Waals surface area contributed by atoms with Crippen LogP contribution in [-0.2, 0) is 9.59 Å². The monoisotopic (exact) mass is 240 g/mol. The van der Waals surface area contributed by atoms with Crippen molar-refractivity contribution in [3.05, 3.63) is 16.6 Å². The van der Waals surface area contributed by atoms with Crippen LogP contribution in [-0.4, -0.2) is 23.2 Å². The molecule has 0 aliphatic rings. The molecule has 0 aliphatic carbocycles. The third-order valence-electron chi connectivity index (χ3n) is 2.18. The average Bonchev–Trinajstić information content (AvgIpc) is 2.76. The van der Waals surface area contributed by atoms with Crippen molar-refractivity contribution in [3.63, 3.8) is 0 Å². The second-order valence-corrected chi connectivity index (χ2v) is 4.70. The summed E-state index contributed by atoms with van der Waals surface area (Å²) >= 11 is 1.58. The van der Waals surface area contributed by atoms with Crippen LogP contribution in [0.1, 0.15) is 37.6 Å². The lowest BCUT2D eigenvalue weighted by Crippen LogP contribution is -2.27. The second-order valence-electron chi connectivity index (χ2n) is 3.78. The Bertz CT molecular complexity index is 349. The molecule has 16 heavy (non-hydrogen) atoms. The Labute approximate surface area is 99.1 Å². The fourth-order valence-corrected chi connectivity index (χ4v) is 1.91. The molecule has 1 aromatic rings. The van der Waals surface area contributed by atoms with Crippen molar-refractivity contribution in [2.75, 3.05) is 6.54 Å². The minimum Gasteiger partial charge on any atom is -0.355 e. The zero-order chi connectivity index (χ0) is 12.0. The lowest BCUT2D eigenvalue weighted by molar-refractivity contribution is -0.124. The van der Waals surface area contributed by atoms with Crippen LogP contribution in [0.15, 0.2) is 11.6 Å². The lowest BCUT2D eigenvalue weighted by Gasteiger charge is -2.09. The zero-order valence-corrected chi connectivity index (χ0v) is 10.3. The van der Waals surface area contributed by atoms with E-state index >= 15 is 0 Å². The van der Waals surface area contributed by atoms with Crippen LogP contribution in [0.3, 0.4) is 0 Å². The van der Waals surface area contributed by atoms with E-state index in [1.54, 1.807) is 17.5 Å². The van der Waals surface area contributed by atoms with E-state index in [1.807, 2.05) is 12.3 Å². The Kier molecular flexibility index (Phi) is 5.11. The van der Waals surface area contributed by atoms with E-state index in [9.17, 15) is 9.59 Å². The van der Waals surface area contributed by atoms with Gasteiger partial charge in [0.1, 0.15) is 5.78 Å². The largest absolute Gasteiger partial charge is 0.355 e. The van der Waals surface area contributed by atoms with E-state index < -0.39 is 0 Å². The predicted octanol–water partition coefficient (Wildman–Crippen LogP) is 1.73. The minimum atomic E-state index is -0.0707. The van der Waals surface area contributed by atoms with Crippen molar-refractivity contribution in [3.8, 4) is 0 Å². The highest BCUT2D eigenvalue weighted by Gasteiger charge is 2.10. The predicted molar refractivity (Wildman–Crippen MR) is 63.5 cm³/mol. The van der Waals surface area contributed by atoms with E-state index in [4.69, 9.17) is 0 Å². The molecule has 0 radical (unpaired) electrons. The van der Waals surface area contributed by atoms with Gasteiger partial charge in [-0.15, -0.1) is 11.3 Å². The first-order valence-electron chi connectivity index (χ1n) is 5.25. The molecular weight excluding hydrogens is 224 g/mol. The molecule has 1 rings (SSSR count). The van der Waals surface area contributed by atoms with Gasteiger partial charge in [-0.2, -0.15) is 0 Å². The Hall–Kier alpha value is -1.23. The number of nitrogens with zero attached hydrogens (tertiary/aromatic N) is 1. The van der Waals surface area contributed by atoms with Crippen molar-refractivity contribution < 1.29 is 9.59 Å². The van der Waals surface area contributed by atoms with Gasteiger partial charge in [-0.05, 0) is 6.92 Å². The first-order valence-corrected chi connectivity index (χ1v) is 6.13. The molecule has 0 saturated carbocycles. The van der Waals surface area contributed by atoms with Gasteiger partial charge in [-0.25, -0.2) is 4.98 Å². The number of Topliss-reactive ketones (excluding diaryl/α,β-unsaturated/α-hetero) is 1. The molecule has 88 valence electrons.